The maximum Gasteiger partial charge on any atom is 0.511 e. The van der Waals surface area contributed by atoms with Crippen LogP contribution in [0, 0.1) is 11.8 Å². The fourth-order valence-corrected chi connectivity index (χ4v) is 5.73. The Balaban J connectivity index is 2.67. The number of rotatable bonds is 13. The molecule has 2 rings (SSSR count). The van der Waals surface area contributed by atoms with E-state index in [1.165, 1.54) is 32.6 Å². The molecule has 0 aliphatic rings. The van der Waals surface area contributed by atoms with Gasteiger partial charge in [-0.05, 0) is 23.0 Å². The minimum absolute atomic E-state index is 0.390. The van der Waals surface area contributed by atoms with Crippen molar-refractivity contribution < 1.29 is 43.2 Å². The summed E-state index contributed by atoms with van der Waals surface area (Å²) in [5, 5.41) is 0. The second kappa shape index (κ2) is 13.2. The monoisotopic (exact) mass is 617 g/mol. The predicted molar refractivity (Wildman–Crippen MR) is 140 cm³/mol. The van der Waals surface area contributed by atoms with Crippen LogP contribution in [0.3, 0.4) is 0 Å². The molecule has 15 heteroatoms. The largest absolute Gasteiger partial charge is 0.511 e. The first-order valence-corrected chi connectivity index (χ1v) is 15.2. The van der Waals surface area contributed by atoms with Crippen LogP contribution >= 0.6 is 0 Å². The van der Waals surface area contributed by atoms with Gasteiger partial charge in [0, 0.05) is 25.2 Å². The van der Waals surface area contributed by atoms with Crippen molar-refractivity contribution in [1.29, 1.82) is 0 Å². The highest BCUT2D eigenvalue weighted by Gasteiger charge is 2.49. The molecule has 2 aromatic carbocycles. The zero-order valence-electron chi connectivity index (χ0n) is 22.2. The molecule has 0 aliphatic carbocycles. The second-order valence-corrected chi connectivity index (χ2v) is 13.4. The van der Waals surface area contributed by atoms with E-state index in [0.29, 0.717) is 11.1 Å². The van der Waals surface area contributed by atoms with Crippen LogP contribution in [0.15, 0.2) is 60.7 Å². The van der Waals surface area contributed by atoms with Crippen LogP contribution in [0.1, 0.15) is 44.9 Å². The molecule has 0 spiro atoms. The van der Waals surface area contributed by atoms with Crippen molar-refractivity contribution in [3.05, 3.63) is 71.8 Å². The highest BCUT2D eigenvalue weighted by molar-refractivity contribution is 7.90. The SMILES string of the molecule is CC(C)[C@@H](CN(C[C@@H](NS(=O)(=O)C(F)(F)F)C(C)C)C(c1ccccc1)c1ccccc1)NS(=O)(=O)C(F)(F)F. The van der Waals surface area contributed by atoms with Gasteiger partial charge in [0.2, 0.25) is 0 Å². The molecule has 0 saturated heterocycles. The molecular formula is C25H33F6N3O4S2. The van der Waals surface area contributed by atoms with Crippen LogP contribution in [0.2, 0.25) is 0 Å². The molecule has 0 unspecified atom stereocenters. The molecule has 2 aromatic rings. The summed E-state index contributed by atoms with van der Waals surface area (Å²) in [6, 6.07) is 13.6. The molecule has 2 atom stereocenters. The standard InChI is InChI=1S/C25H33F6N3O4S2/c1-17(2)21(32-39(35,36)24(26,27)28)15-34(16-22(18(3)4)33-40(37,38)25(29,30)31)23(19-11-7-5-8-12-19)20-13-9-6-10-14-20/h5-14,17-18,21-23,32-33H,15-16H2,1-4H3/t21-,22-/m1/s1. The first-order valence-electron chi connectivity index (χ1n) is 12.3. The molecule has 0 amide bonds. The first kappa shape index (κ1) is 34.0. The fourth-order valence-electron chi connectivity index (χ4n) is 3.98. The summed E-state index contributed by atoms with van der Waals surface area (Å²) < 4.78 is 131. The van der Waals surface area contributed by atoms with Gasteiger partial charge in [-0.1, -0.05) is 88.4 Å². The predicted octanol–water partition coefficient (Wildman–Crippen LogP) is 5.01. The van der Waals surface area contributed by atoms with E-state index in [-0.39, 0.29) is 0 Å². The van der Waals surface area contributed by atoms with Gasteiger partial charge in [0.15, 0.2) is 0 Å². The van der Waals surface area contributed by atoms with Crippen LogP contribution < -0.4 is 9.44 Å². The summed E-state index contributed by atoms with van der Waals surface area (Å²) in [7, 11) is -11.5. The van der Waals surface area contributed by atoms with Gasteiger partial charge in [-0.15, -0.1) is 0 Å². The van der Waals surface area contributed by atoms with E-state index < -0.39 is 74.1 Å². The highest BCUT2D eigenvalue weighted by Crippen LogP contribution is 2.32. The van der Waals surface area contributed by atoms with Gasteiger partial charge in [0.25, 0.3) is 0 Å². The lowest BCUT2D eigenvalue weighted by molar-refractivity contribution is -0.0457. The summed E-state index contributed by atoms with van der Waals surface area (Å²) in [5.74, 6) is -1.37. The van der Waals surface area contributed by atoms with Crippen molar-refractivity contribution >= 4 is 20.0 Å². The summed E-state index contributed by atoms with van der Waals surface area (Å²) in [5.41, 5.74) is -9.97. The average Bonchev–Trinajstić information content (AvgIpc) is 2.82. The number of benzene rings is 2. The zero-order valence-corrected chi connectivity index (χ0v) is 23.9. The smallest absolute Gasteiger partial charge is 0.289 e. The van der Waals surface area contributed by atoms with Crippen molar-refractivity contribution in [3.63, 3.8) is 0 Å². The molecule has 0 fully saturated rings. The Bertz CT molecular complexity index is 1190. The van der Waals surface area contributed by atoms with Gasteiger partial charge in [0.05, 0.1) is 6.04 Å². The van der Waals surface area contributed by atoms with Gasteiger partial charge in [-0.3, -0.25) is 4.90 Å². The molecule has 226 valence electrons. The van der Waals surface area contributed by atoms with Crippen LogP contribution in [-0.4, -0.2) is 57.9 Å². The first-order chi connectivity index (χ1) is 18.3. The number of nitrogens with one attached hydrogen (secondary N) is 2. The van der Waals surface area contributed by atoms with E-state index in [1.54, 1.807) is 70.1 Å². The number of hydrogen-bond acceptors (Lipinski definition) is 5. The third-order valence-corrected chi connectivity index (χ3v) is 8.74. The maximum absolute atomic E-state index is 13.2. The number of hydrogen-bond donors (Lipinski definition) is 2. The van der Waals surface area contributed by atoms with E-state index in [2.05, 4.69) is 0 Å². The normalized spacial score (nSPS) is 15.2. The minimum Gasteiger partial charge on any atom is -0.289 e. The lowest BCUT2D eigenvalue weighted by atomic mass is 9.93. The van der Waals surface area contributed by atoms with Crippen LogP contribution in [-0.2, 0) is 20.0 Å². The molecule has 7 nitrogen and oxygen atoms in total. The van der Waals surface area contributed by atoms with E-state index in [0.717, 1.165) is 0 Å². The van der Waals surface area contributed by atoms with Crippen molar-refractivity contribution in [1.82, 2.24) is 14.3 Å². The molecule has 0 saturated carbocycles. The van der Waals surface area contributed by atoms with E-state index in [9.17, 15) is 43.2 Å². The molecule has 0 radical (unpaired) electrons. The van der Waals surface area contributed by atoms with E-state index >= 15 is 0 Å². The van der Waals surface area contributed by atoms with Crippen LogP contribution in [0.25, 0.3) is 0 Å². The molecular weight excluding hydrogens is 584 g/mol. The maximum atomic E-state index is 13.2. The number of halogens is 6. The van der Waals surface area contributed by atoms with Gasteiger partial charge in [-0.2, -0.15) is 26.3 Å². The molecule has 0 bridgehead atoms. The topological polar surface area (TPSA) is 95.6 Å². The van der Waals surface area contributed by atoms with Gasteiger partial charge in [-0.25, -0.2) is 26.3 Å². The van der Waals surface area contributed by atoms with Crippen LogP contribution in [0.4, 0.5) is 26.3 Å². The Morgan fingerprint density at radius 1 is 0.625 bits per heavy atom. The summed E-state index contributed by atoms with van der Waals surface area (Å²) >= 11 is 0. The summed E-state index contributed by atoms with van der Waals surface area (Å²) in [6.45, 7) is 5.20. The third-order valence-electron chi connectivity index (χ3n) is 6.29. The third kappa shape index (κ3) is 8.90. The van der Waals surface area contributed by atoms with Crippen molar-refractivity contribution in [3.8, 4) is 0 Å². The summed E-state index contributed by atoms with van der Waals surface area (Å²) in [6.07, 6.45) is 0. The van der Waals surface area contributed by atoms with Gasteiger partial charge in [0.1, 0.15) is 0 Å². The Morgan fingerprint density at radius 2 is 0.925 bits per heavy atom. The molecule has 40 heavy (non-hydrogen) atoms. The lowest BCUT2D eigenvalue weighted by Crippen LogP contribution is -2.55. The van der Waals surface area contributed by atoms with Crippen molar-refractivity contribution in [2.24, 2.45) is 11.8 Å². The number of nitrogens with zero attached hydrogens (tertiary/aromatic N) is 1. The molecule has 0 aromatic heterocycles. The fraction of sp³-hybridized carbons (Fsp3) is 0.520. The Morgan fingerprint density at radius 3 is 1.18 bits per heavy atom. The van der Waals surface area contributed by atoms with Crippen molar-refractivity contribution in [2.45, 2.75) is 56.8 Å². The Kier molecular flexibility index (Phi) is 11.2. The lowest BCUT2D eigenvalue weighted by Gasteiger charge is -2.39. The number of sulfonamides is 2. The Labute approximate surface area is 231 Å². The molecule has 2 N–H and O–H groups in total. The van der Waals surface area contributed by atoms with Gasteiger partial charge >= 0.3 is 31.1 Å². The van der Waals surface area contributed by atoms with E-state index in [4.69, 9.17) is 0 Å². The van der Waals surface area contributed by atoms with E-state index in [1.807, 2.05) is 0 Å². The average molecular weight is 618 g/mol. The zero-order chi connectivity index (χ0) is 30.5. The Hall–Kier alpha value is -2.20. The molecule has 0 aliphatic heterocycles. The molecule has 0 heterocycles. The van der Waals surface area contributed by atoms with Gasteiger partial charge < -0.3 is 0 Å². The highest BCUT2D eigenvalue weighted by atomic mass is 32.2. The van der Waals surface area contributed by atoms with Crippen LogP contribution in [0.5, 0.6) is 0 Å². The number of alkyl halides is 6. The minimum atomic E-state index is -5.77. The summed E-state index contributed by atoms with van der Waals surface area (Å²) in [4.78, 5) is 1.50. The second-order valence-electron chi connectivity index (χ2n) is 10.0. The quantitative estimate of drug-likeness (QED) is 0.309. The van der Waals surface area contributed by atoms with Crippen molar-refractivity contribution in [2.75, 3.05) is 13.1 Å².